The van der Waals surface area contributed by atoms with Crippen LogP contribution in [0.15, 0.2) is 41.2 Å². The molecule has 0 aliphatic carbocycles. The summed E-state index contributed by atoms with van der Waals surface area (Å²) in [4.78, 5) is 12.5. The molecule has 0 bridgehead atoms. The highest BCUT2D eigenvalue weighted by atomic mass is 16.3. The van der Waals surface area contributed by atoms with Gasteiger partial charge in [-0.1, -0.05) is 20.3 Å². The van der Waals surface area contributed by atoms with E-state index in [9.17, 15) is 5.26 Å². The molecule has 0 saturated heterocycles. The van der Waals surface area contributed by atoms with Crippen molar-refractivity contribution in [1.29, 1.82) is 10.7 Å². The lowest BCUT2D eigenvalue weighted by molar-refractivity contribution is 0.336. The maximum Gasteiger partial charge on any atom is 0.182 e. The van der Waals surface area contributed by atoms with Crippen LogP contribution in [0.3, 0.4) is 0 Å². The van der Waals surface area contributed by atoms with Crippen LogP contribution in [-0.4, -0.2) is 44.4 Å². The number of H-pyrrole nitrogens is 1. The Morgan fingerprint density at radius 3 is 2.89 bits per heavy atom. The number of fused-ring (bicyclic) bond motifs is 3. The molecule has 0 fully saturated rings. The molecular weight excluding hydrogens is 440 g/mol. The van der Waals surface area contributed by atoms with E-state index in [1.165, 1.54) is 6.21 Å². The van der Waals surface area contributed by atoms with Crippen LogP contribution in [0, 0.1) is 23.7 Å². The van der Waals surface area contributed by atoms with Crippen molar-refractivity contribution in [2.24, 2.45) is 0 Å². The fourth-order valence-electron chi connectivity index (χ4n) is 4.24. The lowest BCUT2D eigenvalue weighted by Crippen LogP contribution is -2.50. The van der Waals surface area contributed by atoms with Crippen LogP contribution in [0.25, 0.3) is 39.3 Å². The van der Waals surface area contributed by atoms with Gasteiger partial charge in [0, 0.05) is 30.5 Å². The molecule has 35 heavy (non-hydrogen) atoms. The number of allylic oxidation sites excluding steroid dienone is 1. The second-order valence-electron chi connectivity index (χ2n) is 8.77. The first-order valence-corrected chi connectivity index (χ1v) is 12.0. The fraction of sp³-hybridized carbons (Fsp3) is 0.385. The maximum atomic E-state index is 9.55. The molecule has 4 rings (SSSR count). The minimum atomic E-state index is -0.459. The average Bonchev–Trinajstić information content (AvgIpc) is 3.60. The monoisotopic (exact) mass is 472 g/mol. The molecule has 9 nitrogen and oxygen atoms in total. The summed E-state index contributed by atoms with van der Waals surface area (Å²) in [5, 5.41) is 25.7. The van der Waals surface area contributed by atoms with E-state index in [4.69, 9.17) is 14.8 Å². The van der Waals surface area contributed by atoms with Crippen LogP contribution in [0.4, 0.5) is 0 Å². The number of hydrogen-bond acceptors (Lipinski definition) is 7. The molecule has 0 aliphatic rings. The molecule has 9 heteroatoms. The van der Waals surface area contributed by atoms with Crippen molar-refractivity contribution in [3.8, 4) is 17.7 Å². The summed E-state index contributed by atoms with van der Waals surface area (Å²) in [6, 6.07) is 8.07. The molecule has 182 valence electrons. The summed E-state index contributed by atoms with van der Waals surface area (Å²) in [5.41, 5.74) is 2.40. The van der Waals surface area contributed by atoms with Gasteiger partial charge in [-0.25, -0.2) is 9.97 Å². The van der Waals surface area contributed by atoms with Gasteiger partial charge in [0.15, 0.2) is 11.6 Å². The minimum Gasteiger partial charge on any atom is -0.458 e. The van der Waals surface area contributed by atoms with Crippen molar-refractivity contribution in [2.45, 2.75) is 52.0 Å². The summed E-state index contributed by atoms with van der Waals surface area (Å²) >= 11 is 0. The molecule has 1 atom stereocenters. The zero-order chi connectivity index (χ0) is 24.8. The molecule has 0 amide bonds. The fourth-order valence-corrected chi connectivity index (χ4v) is 4.24. The Balaban J connectivity index is 1.82. The van der Waals surface area contributed by atoms with E-state index < -0.39 is 5.54 Å². The molecule has 4 heterocycles. The first kappa shape index (κ1) is 24.2. The number of pyridine rings is 1. The van der Waals surface area contributed by atoms with Gasteiger partial charge in [0.1, 0.15) is 16.9 Å². The van der Waals surface area contributed by atoms with Gasteiger partial charge >= 0.3 is 0 Å². The number of aromatic nitrogens is 4. The van der Waals surface area contributed by atoms with E-state index in [0.29, 0.717) is 35.8 Å². The Bertz CT molecular complexity index is 1390. The standard InChI is InChI=1S/C26H32N8O/c1-4-6-12-29-17-26(5-2,10-11-27)32-15-19(14-28)34-23-20-9-13-30-24(20)31-16-21(23)33-25(34)22-8-7-18(3)35-22/h7-9,13-16,28-29,32H,4-6,10,12,17H2,1-3H3,(H,30,31)/b19-15+,28-14?. The summed E-state index contributed by atoms with van der Waals surface area (Å²) < 4.78 is 7.84. The van der Waals surface area contributed by atoms with Gasteiger partial charge in [0.05, 0.1) is 35.4 Å². The van der Waals surface area contributed by atoms with E-state index in [1.54, 1.807) is 6.20 Å². The van der Waals surface area contributed by atoms with Crippen LogP contribution in [-0.2, 0) is 0 Å². The Labute approximate surface area is 204 Å². The van der Waals surface area contributed by atoms with Gasteiger partial charge in [-0.2, -0.15) is 5.26 Å². The van der Waals surface area contributed by atoms with E-state index in [2.05, 4.69) is 40.5 Å². The molecule has 0 radical (unpaired) electrons. The number of imidazole rings is 1. The summed E-state index contributed by atoms with van der Waals surface area (Å²) in [6.45, 7) is 7.67. The Hall–Kier alpha value is -3.90. The van der Waals surface area contributed by atoms with Crippen molar-refractivity contribution < 1.29 is 4.42 Å². The second kappa shape index (κ2) is 10.6. The van der Waals surface area contributed by atoms with E-state index in [1.807, 2.05) is 42.1 Å². The Kier molecular flexibility index (Phi) is 7.32. The third-order valence-electron chi connectivity index (χ3n) is 6.36. The van der Waals surface area contributed by atoms with E-state index in [0.717, 1.165) is 48.1 Å². The summed E-state index contributed by atoms with van der Waals surface area (Å²) in [6.07, 6.45) is 9.96. The van der Waals surface area contributed by atoms with Crippen LogP contribution in [0.1, 0.15) is 45.3 Å². The van der Waals surface area contributed by atoms with Gasteiger partial charge in [-0.05, 0) is 44.5 Å². The summed E-state index contributed by atoms with van der Waals surface area (Å²) in [7, 11) is 0. The van der Waals surface area contributed by atoms with E-state index in [-0.39, 0.29) is 0 Å². The highest BCUT2D eigenvalue weighted by molar-refractivity contribution is 6.10. The normalized spacial score (nSPS) is 13.7. The quantitative estimate of drug-likeness (QED) is 0.170. The van der Waals surface area contributed by atoms with Gasteiger partial charge in [-0.3, -0.25) is 4.57 Å². The number of unbranched alkanes of at least 4 members (excludes halogenated alkanes) is 1. The third kappa shape index (κ3) is 4.84. The molecule has 4 aromatic rings. The molecule has 1 unspecified atom stereocenters. The largest absolute Gasteiger partial charge is 0.458 e. The topological polar surface area (TPSA) is 131 Å². The van der Waals surface area contributed by atoms with Crippen molar-refractivity contribution in [1.82, 2.24) is 30.2 Å². The van der Waals surface area contributed by atoms with E-state index >= 15 is 0 Å². The number of nitrogens with zero attached hydrogens (tertiary/aromatic N) is 4. The van der Waals surface area contributed by atoms with Crippen LogP contribution >= 0.6 is 0 Å². The van der Waals surface area contributed by atoms with Crippen molar-refractivity contribution in [3.63, 3.8) is 0 Å². The smallest absolute Gasteiger partial charge is 0.182 e. The summed E-state index contributed by atoms with van der Waals surface area (Å²) in [5.74, 6) is 1.97. The number of nitriles is 1. The van der Waals surface area contributed by atoms with Crippen LogP contribution in [0.5, 0.6) is 0 Å². The Morgan fingerprint density at radius 2 is 2.20 bits per heavy atom. The van der Waals surface area contributed by atoms with Crippen molar-refractivity contribution in [3.05, 3.63) is 42.6 Å². The van der Waals surface area contributed by atoms with Gasteiger partial charge in [-0.15, -0.1) is 0 Å². The minimum absolute atomic E-state index is 0.339. The molecular formula is C26H32N8O. The lowest BCUT2D eigenvalue weighted by Gasteiger charge is -2.32. The molecule has 4 N–H and O–H groups in total. The molecule has 0 spiro atoms. The number of aryl methyl sites for hydroxylation is 1. The van der Waals surface area contributed by atoms with Gasteiger partial charge in [0.2, 0.25) is 0 Å². The maximum absolute atomic E-state index is 9.55. The predicted molar refractivity (Wildman–Crippen MR) is 139 cm³/mol. The molecule has 0 aromatic carbocycles. The van der Waals surface area contributed by atoms with Gasteiger partial charge < -0.3 is 25.4 Å². The number of furan rings is 1. The van der Waals surface area contributed by atoms with Crippen LogP contribution < -0.4 is 10.6 Å². The van der Waals surface area contributed by atoms with Gasteiger partial charge in [0.25, 0.3) is 0 Å². The molecule has 0 saturated carbocycles. The first-order chi connectivity index (χ1) is 17.1. The Morgan fingerprint density at radius 1 is 1.34 bits per heavy atom. The molecule has 0 aliphatic heterocycles. The number of nitrogens with one attached hydrogen (secondary N) is 4. The SMILES string of the molecule is CCCCNCC(CC)(CC#N)N/C=C(\C=N)n1c(-c2ccc(C)o2)nc2cnc3[nH]ccc3c21. The first-order valence-electron chi connectivity index (χ1n) is 12.0. The predicted octanol–water partition coefficient (Wildman–Crippen LogP) is 4.97. The number of aromatic amines is 1. The number of hydrogen-bond donors (Lipinski definition) is 4. The number of rotatable bonds is 12. The lowest BCUT2D eigenvalue weighted by atomic mass is 9.92. The van der Waals surface area contributed by atoms with Crippen molar-refractivity contribution >= 4 is 34.0 Å². The second-order valence-corrected chi connectivity index (χ2v) is 8.77. The average molecular weight is 473 g/mol. The third-order valence-corrected chi connectivity index (χ3v) is 6.36. The van der Waals surface area contributed by atoms with Crippen molar-refractivity contribution in [2.75, 3.05) is 13.1 Å². The molecule has 4 aromatic heterocycles. The zero-order valence-electron chi connectivity index (χ0n) is 20.5. The zero-order valence-corrected chi connectivity index (χ0v) is 20.5. The van der Waals surface area contributed by atoms with Crippen LogP contribution in [0.2, 0.25) is 0 Å². The highest BCUT2D eigenvalue weighted by Crippen LogP contribution is 2.32. The highest BCUT2D eigenvalue weighted by Gasteiger charge is 2.27.